The van der Waals surface area contributed by atoms with E-state index in [1.807, 2.05) is 0 Å². The molecule has 0 aliphatic rings. The molecule has 0 spiro atoms. The maximum atomic E-state index is 11.1. The Balaban J connectivity index is 2.91. The summed E-state index contributed by atoms with van der Waals surface area (Å²) in [6.45, 7) is 0. The van der Waals surface area contributed by atoms with Crippen molar-refractivity contribution in [2.45, 2.75) is 17.4 Å². The summed E-state index contributed by atoms with van der Waals surface area (Å²) < 4.78 is 22.3. The second kappa shape index (κ2) is 4.63. The number of aliphatic hydroxyl groups excluding tert-OH is 1. The summed E-state index contributed by atoms with van der Waals surface area (Å²) >= 11 is 0. The van der Waals surface area contributed by atoms with E-state index >= 15 is 0 Å². The minimum Gasteiger partial charge on any atom is -0.481 e. The lowest BCUT2D eigenvalue weighted by Crippen LogP contribution is -2.05. The van der Waals surface area contributed by atoms with Crippen molar-refractivity contribution >= 4 is 15.8 Å². The van der Waals surface area contributed by atoms with Crippen LogP contribution in [0.4, 0.5) is 0 Å². The summed E-state index contributed by atoms with van der Waals surface area (Å²) in [5.74, 6) is -1.11. The topological polar surface area (TPSA) is 91.7 Å². The average molecular weight is 244 g/mol. The van der Waals surface area contributed by atoms with Gasteiger partial charge in [0.25, 0.3) is 0 Å². The summed E-state index contributed by atoms with van der Waals surface area (Å²) in [6, 6.07) is 5.50. The number of aliphatic carboxylic acids is 1. The quantitative estimate of drug-likeness (QED) is 0.809. The predicted molar refractivity (Wildman–Crippen MR) is 56.8 cm³/mol. The summed E-state index contributed by atoms with van der Waals surface area (Å²) in [6.07, 6.45) is -0.445. The van der Waals surface area contributed by atoms with Crippen molar-refractivity contribution in [2.75, 3.05) is 6.26 Å². The van der Waals surface area contributed by atoms with Crippen LogP contribution in [0.1, 0.15) is 18.1 Å². The Labute approximate surface area is 93.3 Å². The minimum atomic E-state index is -3.27. The van der Waals surface area contributed by atoms with Crippen LogP contribution in [0, 0.1) is 0 Å². The Bertz CT molecular complexity index is 474. The van der Waals surface area contributed by atoms with Gasteiger partial charge in [0, 0.05) is 6.26 Å². The lowest BCUT2D eigenvalue weighted by molar-refractivity contribution is -0.139. The number of sulfone groups is 1. The fraction of sp³-hybridized carbons (Fsp3) is 0.300. The van der Waals surface area contributed by atoms with Gasteiger partial charge in [0.2, 0.25) is 0 Å². The van der Waals surface area contributed by atoms with Gasteiger partial charge < -0.3 is 10.2 Å². The highest BCUT2D eigenvalue weighted by atomic mass is 32.2. The van der Waals surface area contributed by atoms with Crippen LogP contribution in [0.3, 0.4) is 0 Å². The highest BCUT2D eigenvalue weighted by Crippen LogP contribution is 2.18. The van der Waals surface area contributed by atoms with Crippen LogP contribution in [0.25, 0.3) is 0 Å². The molecule has 2 N–H and O–H groups in total. The van der Waals surface area contributed by atoms with Crippen molar-refractivity contribution in [3.8, 4) is 0 Å². The van der Waals surface area contributed by atoms with E-state index < -0.39 is 28.3 Å². The number of benzene rings is 1. The maximum Gasteiger partial charge on any atom is 0.306 e. The number of carboxylic acid groups (broad SMARTS) is 1. The second-order valence-corrected chi connectivity index (χ2v) is 5.47. The Hall–Kier alpha value is -1.40. The van der Waals surface area contributed by atoms with E-state index in [0.717, 1.165) is 6.26 Å². The molecular formula is C10H12O5S. The molecule has 0 aromatic heterocycles. The highest BCUT2D eigenvalue weighted by Gasteiger charge is 2.13. The van der Waals surface area contributed by atoms with Gasteiger partial charge in [-0.3, -0.25) is 4.79 Å². The smallest absolute Gasteiger partial charge is 0.306 e. The molecule has 1 aromatic carbocycles. The van der Waals surface area contributed by atoms with Gasteiger partial charge in [-0.1, -0.05) is 12.1 Å². The molecule has 1 aromatic rings. The van der Waals surface area contributed by atoms with E-state index in [1.165, 1.54) is 24.3 Å². The highest BCUT2D eigenvalue weighted by molar-refractivity contribution is 7.90. The van der Waals surface area contributed by atoms with Crippen molar-refractivity contribution in [1.82, 2.24) is 0 Å². The van der Waals surface area contributed by atoms with Crippen LogP contribution in [0.2, 0.25) is 0 Å². The number of aliphatic hydroxyl groups is 1. The van der Waals surface area contributed by atoms with E-state index in [4.69, 9.17) is 5.11 Å². The third kappa shape index (κ3) is 3.32. The zero-order valence-corrected chi connectivity index (χ0v) is 9.44. The predicted octanol–water partition coefficient (Wildman–Crippen LogP) is 0.598. The average Bonchev–Trinajstić information content (AvgIpc) is 2.15. The largest absolute Gasteiger partial charge is 0.481 e. The molecule has 0 saturated carbocycles. The van der Waals surface area contributed by atoms with Gasteiger partial charge in [-0.25, -0.2) is 8.42 Å². The van der Waals surface area contributed by atoms with Crippen LogP contribution in [-0.4, -0.2) is 30.9 Å². The number of hydrogen-bond donors (Lipinski definition) is 2. The molecule has 0 aliphatic carbocycles. The first kappa shape index (κ1) is 12.7. The molecule has 0 fully saturated rings. The maximum absolute atomic E-state index is 11.1. The zero-order chi connectivity index (χ0) is 12.3. The normalized spacial score (nSPS) is 13.4. The number of carbonyl (C=O) groups is 1. The van der Waals surface area contributed by atoms with E-state index in [-0.39, 0.29) is 4.90 Å². The number of hydrogen-bond acceptors (Lipinski definition) is 4. The third-order valence-corrected chi connectivity index (χ3v) is 3.19. The SMILES string of the molecule is CS(=O)(=O)c1ccc(C(O)CC(=O)O)cc1. The molecule has 0 radical (unpaired) electrons. The van der Waals surface area contributed by atoms with E-state index in [2.05, 4.69) is 0 Å². The second-order valence-electron chi connectivity index (χ2n) is 3.45. The summed E-state index contributed by atoms with van der Waals surface area (Å²) in [5.41, 5.74) is 0.384. The van der Waals surface area contributed by atoms with Gasteiger partial charge in [0.1, 0.15) is 0 Å². The lowest BCUT2D eigenvalue weighted by Gasteiger charge is -2.08. The summed E-state index contributed by atoms with van der Waals surface area (Å²) in [5, 5.41) is 17.9. The van der Waals surface area contributed by atoms with Gasteiger partial charge >= 0.3 is 5.97 Å². The third-order valence-electron chi connectivity index (χ3n) is 2.06. The van der Waals surface area contributed by atoms with Gasteiger partial charge in [-0.15, -0.1) is 0 Å². The fourth-order valence-corrected chi connectivity index (χ4v) is 1.85. The van der Waals surface area contributed by atoms with E-state index in [0.29, 0.717) is 5.56 Å². The Kier molecular flexibility index (Phi) is 3.66. The standard InChI is InChI=1S/C10H12O5S/c1-16(14,15)8-4-2-7(3-5-8)9(11)6-10(12)13/h2-5,9,11H,6H2,1H3,(H,12,13). The molecule has 0 saturated heterocycles. The van der Waals surface area contributed by atoms with Crippen LogP contribution in [0.5, 0.6) is 0 Å². The molecule has 0 bridgehead atoms. The first-order valence-electron chi connectivity index (χ1n) is 4.50. The van der Waals surface area contributed by atoms with Crippen LogP contribution in [0.15, 0.2) is 29.2 Å². The van der Waals surface area contributed by atoms with Crippen molar-refractivity contribution < 1.29 is 23.4 Å². The lowest BCUT2D eigenvalue weighted by atomic mass is 10.1. The van der Waals surface area contributed by atoms with Gasteiger partial charge in [-0.2, -0.15) is 0 Å². The molecular weight excluding hydrogens is 232 g/mol. The molecule has 6 heteroatoms. The van der Waals surface area contributed by atoms with Crippen LogP contribution >= 0.6 is 0 Å². The molecule has 1 rings (SSSR count). The first-order valence-corrected chi connectivity index (χ1v) is 6.39. The summed E-state index contributed by atoms with van der Waals surface area (Å²) in [7, 11) is -3.27. The minimum absolute atomic E-state index is 0.138. The Morgan fingerprint density at radius 3 is 2.19 bits per heavy atom. The van der Waals surface area contributed by atoms with Gasteiger partial charge in [0.05, 0.1) is 17.4 Å². The van der Waals surface area contributed by atoms with Crippen molar-refractivity contribution in [3.05, 3.63) is 29.8 Å². The Morgan fingerprint density at radius 2 is 1.81 bits per heavy atom. The van der Waals surface area contributed by atoms with Crippen molar-refractivity contribution in [2.24, 2.45) is 0 Å². The number of carboxylic acids is 1. The van der Waals surface area contributed by atoms with Crippen LogP contribution in [-0.2, 0) is 14.6 Å². The van der Waals surface area contributed by atoms with E-state index in [9.17, 15) is 18.3 Å². The monoisotopic (exact) mass is 244 g/mol. The molecule has 0 heterocycles. The molecule has 16 heavy (non-hydrogen) atoms. The van der Waals surface area contributed by atoms with Crippen molar-refractivity contribution in [1.29, 1.82) is 0 Å². The number of rotatable bonds is 4. The first-order chi connectivity index (χ1) is 7.30. The fourth-order valence-electron chi connectivity index (χ4n) is 1.22. The van der Waals surface area contributed by atoms with Gasteiger partial charge in [-0.05, 0) is 17.7 Å². The molecule has 1 atom stereocenters. The Morgan fingerprint density at radius 1 is 1.31 bits per heavy atom. The van der Waals surface area contributed by atoms with Crippen LogP contribution < -0.4 is 0 Å². The molecule has 0 amide bonds. The molecule has 1 unspecified atom stereocenters. The summed E-state index contributed by atoms with van der Waals surface area (Å²) in [4.78, 5) is 10.5. The molecule has 5 nitrogen and oxygen atoms in total. The molecule has 88 valence electrons. The van der Waals surface area contributed by atoms with E-state index in [1.54, 1.807) is 0 Å². The zero-order valence-electron chi connectivity index (χ0n) is 8.62. The van der Waals surface area contributed by atoms with Crippen molar-refractivity contribution in [3.63, 3.8) is 0 Å². The molecule has 0 aliphatic heterocycles. The van der Waals surface area contributed by atoms with Gasteiger partial charge in [0.15, 0.2) is 9.84 Å².